The van der Waals surface area contributed by atoms with Crippen molar-refractivity contribution in [2.45, 2.75) is 13.5 Å². The van der Waals surface area contributed by atoms with E-state index in [1.807, 2.05) is 18.4 Å². The number of hydrogen-bond donors (Lipinski definition) is 3. The van der Waals surface area contributed by atoms with Gasteiger partial charge in [0.05, 0.1) is 28.4 Å². The first-order valence-electron chi connectivity index (χ1n) is 10.1. The number of carboxylic acids is 1. The first kappa shape index (κ1) is 22.3. The Balaban J connectivity index is 1.55. The van der Waals surface area contributed by atoms with Crippen LogP contribution in [0.5, 0.6) is 11.5 Å². The third-order valence-corrected chi connectivity index (χ3v) is 5.89. The van der Waals surface area contributed by atoms with Crippen molar-refractivity contribution in [2.75, 3.05) is 11.9 Å². The van der Waals surface area contributed by atoms with E-state index in [1.165, 1.54) is 23.6 Å². The Hall–Kier alpha value is -3.95. The van der Waals surface area contributed by atoms with Gasteiger partial charge in [-0.1, -0.05) is 6.07 Å². The summed E-state index contributed by atoms with van der Waals surface area (Å²) in [6, 6.07) is 13.8. The molecule has 0 saturated carbocycles. The second-order valence-electron chi connectivity index (χ2n) is 7.23. The number of anilines is 1. The lowest BCUT2D eigenvalue weighted by atomic mass is 10.2. The molecule has 8 nitrogen and oxygen atoms in total. The van der Waals surface area contributed by atoms with Crippen LogP contribution >= 0.6 is 11.3 Å². The lowest BCUT2D eigenvalue weighted by Gasteiger charge is -2.11. The molecule has 9 heteroatoms. The van der Waals surface area contributed by atoms with Crippen LogP contribution in [0.4, 0.5) is 5.69 Å². The molecule has 3 heterocycles. The molecule has 0 spiro atoms. The Labute approximate surface area is 193 Å². The molecular formula is C24H21N3O5S. The first-order valence-corrected chi connectivity index (χ1v) is 11.0. The Morgan fingerprint density at radius 2 is 1.97 bits per heavy atom. The summed E-state index contributed by atoms with van der Waals surface area (Å²) in [5.74, 6) is -0.224. The standard InChI is InChI=1S/C24H21N3O5S/c1-15-6-10-33-22(15)23(29)26-17-3-2-4-18(12-17)32-19-5-7-25-20(13-19)21-11-16(24(30)31)14-27(21)8-9-28/h2-7,10-14,28H,8-9H2,1H3,(H,26,29)(H,30,31). The fourth-order valence-electron chi connectivity index (χ4n) is 3.32. The number of aryl methyl sites for hydroxylation is 1. The SMILES string of the molecule is Cc1ccsc1C(=O)Nc1cccc(Oc2ccnc(-c3cc(C(=O)O)cn3CCO)c2)c1. The van der Waals surface area contributed by atoms with Gasteiger partial charge < -0.3 is 24.8 Å². The molecule has 0 fully saturated rings. The molecular weight excluding hydrogens is 442 g/mol. The number of aromatic carboxylic acids is 1. The fourth-order valence-corrected chi connectivity index (χ4v) is 4.14. The zero-order chi connectivity index (χ0) is 23.4. The van der Waals surface area contributed by atoms with Gasteiger partial charge in [0.25, 0.3) is 5.91 Å². The topological polar surface area (TPSA) is 114 Å². The molecule has 0 aliphatic rings. The zero-order valence-corrected chi connectivity index (χ0v) is 18.5. The van der Waals surface area contributed by atoms with Gasteiger partial charge in [-0.2, -0.15) is 0 Å². The summed E-state index contributed by atoms with van der Waals surface area (Å²) in [5.41, 5.74) is 2.69. The zero-order valence-electron chi connectivity index (χ0n) is 17.7. The molecule has 0 radical (unpaired) electrons. The van der Waals surface area contributed by atoms with Crippen LogP contribution < -0.4 is 10.1 Å². The van der Waals surface area contributed by atoms with Crippen LogP contribution in [0.25, 0.3) is 11.4 Å². The van der Waals surface area contributed by atoms with Crippen LogP contribution in [0.3, 0.4) is 0 Å². The van der Waals surface area contributed by atoms with Crippen molar-refractivity contribution in [3.05, 3.63) is 82.3 Å². The highest BCUT2D eigenvalue weighted by Gasteiger charge is 2.15. The highest BCUT2D eigenvalue weighted by molar-refractivity contribution is 7.12. The molecule has 0 atom stereocenters. The molecule has 33 heavy (non-hydrogen) atoms. The van der Waals surface area contributed by atoms with Gasteiger partial charge in [-0.25, -0.2) is 4.79 Å². The quantitative estimate of drug-likeness (QED) is 0.350. The van der Waals surface area contributed by atoms with Crippen molar-refractivity contribution in [2.24, 2.45) is 0 Å². The van der Waals surface area contributed by atoms with E-state index in [0.717, 1.165) is 5.56 Å². The molecule has 0 aliphatic carbocycles. The van der Waals surface area contributed by atoms with Crippen LogP contribution in [0.2, 0.25) is 0 Å². The molecule has 4 rings (SSSR count). The third kappa shape index (κ3) is 5.11. The molecule has 3 N–H and O–H groups in total. The number of ether oxygens (including phenoxy) is 1. The molecule has 168 valence electrons. The Bertz CT molecular complexity index is 1310. The summed E-state index contributed by atoms with van der Waals surface area (Å²) < 4.78 is 7.60. The molecule has 1 aromatic carbocycles. The molecule has 1 amide bonds. The minimum Gasteiger partial charge on any atom is -0.478 e. The van der Waals surface area contributed by atoms with E-state index in [2.05, 4.69) is 10.3 Å². The minimum absolute atomic E-state index is 0.107. The van der Waals surface area contributed by atoms with E-state index >= 15 is 0 Å². The lowest BCUT2D eigenvalue weighted by molar-refractivity contribution is 0.0696. The van der Waals surface area contributed by atoms with Crippen LogP contribution in [0, 0.1) is 6.92 Å². The van der Waals surface area contributed by atoms with E-state index in [9.17, 15) is 19.8 Å². The normalized spacial score (nSPS) is 10.7. The Morgan fingerprint density at radius 1 is 1.15 bits per heavy atom. The van der Waals surface area contributed by atoms with Crippen molar-refractivity contribution < 1.29 is 24.5 Å². The fraction of sp³-hybridized carbons (Fsp3) is 0.125. The average molecular weight is 464 g/mol. The highest BCUT2D eigenvalue weighted by atomic mass is 32.1. The number of aromatic nitrogens is 2. The number of amides is 1. The van der Waals surface area contributed by atoms with Crippen molar-refractivity contribution in [3.63, 3.8) is 0 Å². The molecule has 4 aromatic rings. The van der Waals surface area contributed by atoms with Crippen molar-refractivity contribution in [1.82, 2.24) is 9.55 Å². The largest absolute Gasteiger partial charge is 0.478 e. The average Bonchev–Trinajstić information content (AvgIpc) is 3.41. The van der Waals surface area contributed by atoms with Crippen molar-refractivity contribution in [3.8, 4) is 22.9 Å². The maximum absolute atomic E-state index is 12.5. The van der Waals surface area contributed by atoms with Gasteiger partial charge in [-0.15, -0.1) is 11.3 Å². The van der Waals surface area contributed by atoms with Gasteiger partial charge in [0.2, 0.25) is 0 Å². The van der Waals surface area contributed by atoms with Crippen LogP contribution in [0.1, 0.15) is 25.6 Å². The number of aliphatic hydroxyl groups is 1. The molecule has 3 aromatic heterocycles. The summed E-state index contributed by atoms with van der Waals surface area (Å²) in [6.07, 6.45) is 3.02. The smallest absolute Gasteiger partial charge is 0.337 e. The van der Waals surface area contributed by atoms with Gasteiger partial charge in [-0.05, 0) is 48.2 Å². The second-order valence-corrected chi connectivity index (χ2v) is 8.15. The predicted molar refractivity (Wildman–Crippen MR) is 125 cm³/mol. The maximum Gasteiger partial charge on any atom is 0.337 e. The summed E-state index contributed by atoms with van der Waals surface area (Å²) in [4.78, 5) is 28.8. The number of nitrogens with one attached hydrogen (secondary N) is 1. The van der Waals surface area contributed by atoms with E-state index < -0.39 is 5.97 Å². The first-order chi connectivity index (χ1) is 15.9. The number of pyridine rings is 1. The number of aliphatic hydroxyl groups excluding tert-OH is 1. The molecule has 0 aliphatic heterocycles. The van der Waals surface area contributed by atoms with Gasteiger partial charge >= 0.3 is 5.97 Å². The van der Waals surface area contributed by atoms with Gasteiger partial charge in [0, 0.05) is 36.8 Å². The van der Waals surface area contributed by atoms with E-state index in [0.29, 0.717) is 33.5 Å². The van der Waals surface area contributed by atoms with E-state index in [1.54, 1.807) is 47.2 Å². The maximum atomic E-state index is 12.5. The minimum atomic E-state index is -1.06. The number of rotatable bonds is 8. The summed E-state index contributed by atoms with van der Waals surface area (Å²) >= 11 is 1.39. The van der Waals surface area contributed by atoms with Gasteiger partial charge in [-0.3, -0.25) is 9.78 Å². The molecule has 0 unspecified atom stereocenters. The highest BCUT2D eigenvalue weighted by Crippen LogP contribution is 2.29. The third-order valence-electron chi connectivity index (χ3n) is 4.87. The van der Waals surface area contributed by atoms with E-state index in [-0.39, 0.29) is 24.6 Å². The van der Waals surface area contributed by atoms with Crippen molar-refractivity contribution in [1.29, 1.82) is 0 Å². The second kappa shape index (κ2) is 9.68. The summed E-state index contributed by atoms with van der Waals surface area (Å²) in [7, 11) is 0. The Morgan fingerprint density at radius 3 is 2.70 bits per heavy atom. The number of hydrogen-bond acceptors (Lipinski definition) is 6. The van der Waals surface area contributed by atoms with Gasteiger partial charge in [0.1, 0.15) is 11.5 Å². The van der Waals surface area contributed by atoms with E-state index in [4.69, 9.17) is 4.74 Å². The van der Waals surface area contributed by atoms with Crippen LogP contribution in [-0.4, -0.2) is 38.2 Å². The number of benzene rings is 1. The molecule has 0 saturated heterocycles. The Kier molecular flexibility index (Phi) is 6.53. The summed E-state index contributed by atoms with van der Waals surface area (Å²) in [6.45, 7) is 1.99. The number of nitrogens with zero attached hydrogens (tertiary/aromatic N) is 2. The summed E-state index contributed by atoms with van der Waals surface area (Å²) in [5, 5.41) is 23.4. The van der Waals surface area contributed by atoms with Crippen LogP contribution in [0.15, 0.2) is 66.3 Å². The number of carbonyl (C=O) groups excluding carboxylic acids is 1. The van der Waals surface area contributed by atoms with Crippen LogP contribution in [-0.2, 0) is 6.54 Å². The molecule has 0 bridgehead atoms. The number of thiophene rings is 1. The predicted octanol–water partition coefficient (Wildman–Crippen LogP) is 4.66. The lowest BCUT2D eigenvalue weighted by Crippen LogP contribution is -2.11. The monoisotopic (exact) mass is 463 g/mol. The van der Waals surface area contributed by atoms with Crippen molar-refractivity contribution >= 4 is 28.9 Å². The number of carboxylic acid groups (broad SMARTS) is 1. The number of carbonyl (C=O) groups is 2. The van der Waals surface area contributed by atoms with Gasteiger partial charge in [0.15, 0.2) is 0 Å².